The highest BCUT2D eigenvalue weighted by Gasteiger charge is 2.22. The largest absolute Gasteiger partial charge is 0.381 e. The fourth-order valence-corrected chi connectivity index (χ4v) is 3.25. The van der Waals surface area contributed by atoms with E-state index < -0.39 is 0 Å². The van der Waals surface area contributed by atoms with Gasteiger partial charge in [0.1, 0.15) is 12.4 Å². The third-order valence-electron chi connectivity index (χ3n) is 4.64. The summed E-state index contributed by atoms with van der Waals surface area (Å²) < 4.78 is 12.5. The number of aromatic nitrogens is 3. The summed E-state index contributed by atoms with van der Waals surface area (Å²) in [5.74, 6) is 3.34. The van der Waals surface area contributed by atoms with Gasteiger partial charge in [-0.1, -0.05) is 0 Å². The van der Waals surface area contributed by atoms with E-state index in [0.717, 1.165) is 69.6 Å². The van der Waals surface area contributed by atoms with Gasteiger partial charge in [0.05, 0.1) is 6.54 Å². The number of ether oxygens (including phenoxy) is 2. The van der Waals surface area contributed by atoms with Crippen LogP contribution >= 0.6 is 24.0 Å². The van der Waals surface area contributed by atoms with Crippen LogP contribution < -0.4 is 10.6 Å². The lowest BCUT2D eigenvalue weighted by Crippen LogP contribution is -2.48. The van der Waals surface area contributed by atoms with Crippen molar-refractivity contribution in [2.24, 2.45) is 10.9 Å². The van der Waals surface area contributed by atoms with E-state index >= 15 is 0 Å². The minimum atomic E-state index is 0. The van der Waals surface area contributed by atoms with E-state index in [2.05, 4.69) is 25.7 Å². The Morgan fingerprint density at radius 3 is 2.88 bits per heavy atom. The number of hydrogen-bond acceptors (Lipinski definition) is 5. The summed E-state index contributed by atoms with van der Waals surface area (Å²) in [6, 6.07) is 0.315. The van der Waals surface area contributed by atoms with Crippen molar-refractivity contribution in [3.05, 3.63) is 11.6 Å². The van der Waals surface area contributed by atoms with Crippen LogP contribution in [0.4, 0.5) is 0 Å². The molecule has 1 unspecified atom stereocenters. The highest BCUT2D eigenvalue weighted by atomic mass is 127. The van der Waals surface area contributed by atoms with Crippen molar-refractivity contribution in [1.82, 2.24) is 25.4 Å². The number of aliphatic imine (C=N–C) groups is 1. The van der Waals surface area contributed by atoms with Crippen molar-refractivity contribution in [2.75, 3.05) is 33.9 Å². The van der Waals surface area contributed by atoms with Crippen LogP contribution in [0.3, 0.4) is 0 Å². The van der Waals surface area contributed by atoms with Gasteiger partial charge in [-0.2, -0.15) is 5.10 Å². The normalized spacial score (nSPS) is 21.4. The first-order valence-electron chi connectivity index (χ1n) is 8.75. The summed E-state index contributed by atoms with van der Waals surface area (Å²) in [5.41, 5.74) is 0. The molecule has 9 heteroatoms. The molecule has 0 spiro atoms. The summed E-state index contributed by atoms with van der Waals surface area (Å²) in [7, 11) is 3.48. The zero-order valence-corrected chi connectivity index (χ0v) is 17.4. The molecule has 2 aliphatic heterocycles. The highest BCUT2D eigenvalue weighted by Crippen LogP contribution is 2.14. The van der Waals surface area contributed by atoms with Crippen LogP contribution in [0.2, 0.25) is 0 Å². The molecule has 1 aromatic rings. The standard InChI is InChI=1S/C16H28N6O2.HI/c1-17-16(18-9-12-5-7-24-8-6-12)19-13-3-4-15-20-14(11-23-2)21-22(15)10-13;/h12-13H,3-11H2,1-2H3,(H2,17,18,19);1H. The Kier molecular flexibility index (Phi) is 8.37. The molecule has 0 radical (unpaired) electrons. The molecule has 0 aliphatic carbocycles. The zero-order chi connectivity index (χ0) is 16.8. The van der Waals surface area contributed by atoms with Crippen LogP contribution in [0.15, 0.2) is 4.99 Å². The second-order valence-corrected chi connectivity index (χ2v) is 6.45. The van der Waals surface area contributed by atoms with Crippen LogP contribution in [-0.4, -0.2) is 60.7 Å². The predicted octanol–water partition coefficient (Wildman–Crippen LogP) is 0.949. The van der Waals surface area contributed by atoms with Crippen molar-refractivity contribution in [3.8, 4) is 0 Å². The molecule has 3 rings (SSSR count). The molecule has 3 heterocycles. The van der Waals surface area contributed by atoms with Gasteiger partial charge in [-0.15, -0.1) is 24.0 Å². The van der Waals surface area contributed by atoms with Crippen molar-refractivity contribution in [3.63, 3.8) is 0 Å². The second-order valence-electron chi connectivity index (χ2n) is 6.45. The van der Waals surface area contributed by atoms with Crippen LogP contribution in [0.1, 0.15) is 30.9 Å². The van der Waals surface area contributed by atoms with E-state index in [1.165, 1.54) is 0 Å². The van der Waals surface area contributed by atoms with Crippen LogP contribution in [0, 0.1) is 5.92 Å². The summed E-state index contributed by atoms with van der Waals surface area (Å²) >= 11 is 0. The van der Waals surface area contributed by atoms with Crippen molar-refractivity contribution >= 4 is 29.9 Å². The van der Waals surface area contributed by atoms with Gasteiger partial charge in [0.2, 0.25) is 0 Å². The van der Waals surface area contributed by atoms with Gasteiger partial charge in [-0.05, 0) is 25.2 Å². The Morgan fingerprint density at radius 1 is 1.36 bits per heavy atom. The van der Waals surface area contributed by atoms with Gasteiger partial charge in [0, 0.05) is 46.4 Å². The topological polar surface area (TPSA) is 85.6 Å². The lowest BCUT2D eigenvalue weighted by Gasteiger charge is -2.27. The minimum absolute atomic E-state index is 0. The Hall–Kier alpha value is -0.940. The monoisotopic (exact) mass is 464 g/mol. The van der Waals surface area contributed by atoms with Crippen LogP contribution in [0.25, 0.3) is 0 Å². The van der Waals surface area contributed by atoms with Gasteiger partial charge in [0.25, 0.3) is 0 Å². The predicted molar refractivity (Wildman–Crippen MR) is 106 cm³/mol. The molecule has 1 saturated heterocycles. The Labute approximate surface area is 166 Å². The van der Waals surface area contributed by atoms with Crippen molar-refractivity contribution in [2.45, 2.75) is 44.9 Å². The molecule has 0 amide bonds. The number of nitrogens with one attached hydrogen (secondary N) is 2. The number of halogens is 1. The molecular weight excluding hydrogens is 435 g/mol. The second kappa shape index (κ2) is 10.3. The molecule has 2 N–H and O–H groups in total. The Morgan fingerprint density at radius 2 is 2.16 bits per heavy atom. The Bertz CT molecular complexity index is 559. The molecule has 1 atom stereocenters. The van der Waals surface area contributed by atoms with Gasteiger partial charge in [0.15, 0.2) is 11.8 Å². The third kappa shape index (κ3) is 5.78. The van der Waals surface area contributed by atoms with Gasteiger partial charge >= 0.3 is 0 Å². The van der Waals surface area contributed by atoms with Gasteiger partial charge in [-0.3, -0.25) is 4.99 Å². The average Bonchev–Trinajstić information content (AvgIpc) is 3.01. The molecule has 142 valence electrons. The molecule has 8 nitrogen and oxygen atoms in total. The van der Waals surface area contributed by atoms with Gasteiger partial charge in [-0.25, -0.2) is 9.67 Å². The quantitative estimate of drug-likeness (QED) is 0.384. The lowest BCUT2D eigenvalue weighted by atomic mass is 10.0. The fraction of sp³-hybridized carbons (Fsp3) is 0.812. The lowest BCUT2D eigenvalue weighted by molar-refractivity contribution is 0.0675. The first-order valence-corrected chi connectivity index (χ1v) is 8.75. The summed E-state index contributed by atoms with van der Waals surface area (Å²) in [6.45, 7) is 3.97. The number of aryl methyl sites for hydroxylation is 1. The van der Waals surface area contributed by atoms with Crippen molar-refractivity contribution < 1.29 is 9.47 Å². The highest BCUT2D eigenvalue weighted by molar-refractivity contribution is 14.0. The number of nitrogens with zero attached hydrogens (tertiary/aromatic N) is 4. The molecule has 1 fully saturated rings. The maximum absolute atomic E-state index is 5.41. The van der Waals surface area contributed by atoms with E-state index in [4.69, 9.17) is 9.47 Å². The van der Waals surface area contributed by atoms with Crippen LogP contribution in [0.5, 0.6) is 0 Å². The van der Waals surface area contributed by atoms with Gasteiger partial charge < -0.3 is 20.1 Å². The first kappa shape index (κ1) is 20.4. The molecular formula is C16H29IN6O2. The van der Waals surface area contributed by atoms with E-state index in [1.807, 2.05) is 11.7 Å². The number of guanidine groups is 1. The molecule has 0 aromatic carbocycles. The van der Waals surface area contributed by atoms with E-state index in [-0.39, 0.29) is 24.0 Å². The molecule has 0 saturated carbocycles. The van der Waals surface area contributed by atoms with Crippen LogP contribution in [-0.2, 0) is 29.0 Å². The van der Waals surface area contributed by atoms with E-state index in [1.54, 1.807) is 7.11 Å². The molecule has 25 heavy (non-hydrogen) atoms. The minimum Gasteiger partial charge on any atom is -0.381 e. The summed E-state index contributed by atoms with van der Waals surface area (Å²) in [4.78, 5) is 8.87. The zero-order valence-electron chi connectivity index (χ0n) is 15.0. The fourth-order valence-electron chi connectivity index (χ4n) is 3.25. The van der Waals surface area contributed by atoms with E-state index in [0.29, 0.717) is 18.6 Å². The maximum atomic E-state index is 5.41. The summed E-state index contributed by atoms with van der Waals surface area (Å²) in [5, 5.41) is 11.5. The number of methoxy groups -OCH3 is 1. The number of rotatable bonds is 5. The Balaban J connectivity index is 0.00000225. The van der Waals surface area contributed by atoms with Crippen molar-refractivity contribution in [1.29, 1.82) is 0 Å². The molecule has 0 bridgehead atoms. The SMILES string of the molecule is CN=C(NCC1CCOCC1)NC1CCc2nc(COC)nn2C1.I. The molecule has 2 aliphatic rings. The van der Waals surface area contributed by atoms with E-state index in [9.17, 15) is 0 Å². The molecule has 1 aromatic heterocycles. The smallest absolute Gasteiger partial charge is 0.191 e. The average molecular weight is 464 g/mol. The summed E-state index contributed by atoms with van der Waals surface area (Å²) in [6.07, 6.45) is 4.20. The number of hydrogen-bond donors (Lipinski definition) is 2. The first-order chi connectivity index (χ1) is 11.8. The number of fused-ring (bicyclic) bond motifs is 1. The maximum Gasteiger partial charge on any atom is 0.191 e. The third-order valence-corrected chi connectivity index (χ3v) is 4.64.